The Morgan fingerprint density at radius 1 is 1.21 bits per heavy atom. The first-order valence-corrected chi connectivity index (χ1v) is 11.0. The zero-order chi connectivity index (χ0) is 20.3. The van der Waals surface area contributed by atoms with Gasteiger partial charge < -0.3 is 9.64 Å². The zero-order valence-electron chi connectivity index (χ0n) is 15.8. The van der Waals surface area contributed by atoms with Gasteiger partial charge in [0.1, 0.15) is 5.75 Å². The summed E-state index contributed by atoms with van der Waals surface area (Å²) in [6.45, 7) is 2.71. The number of hydrogen-bond acceptors (Lipinski definition) is 4. The number of likely N-dealkylation sites (tertiary alicyclic amines) is 1. The van der Waals surface area contributed by atoms with Gasteiger partial charge in [0, 0.05) is 23.2 Å². The molecular weight excluding hydrogens is 400 g/mol. The Morgan fingerprint density at radius 3 is 2.71 bits per heavy atom. The number of nitrogens with zero attached hydrogens (tertiary/aromatic N) is 1. The second-order valence-electron chi connectivity index (χ2n) is 6.82. The van der Waals surface area contributed by atoms with Crippen molar-refractivity contribution in [1.82, 2.24) is 4.90 Å². The topological polar surface area (TPSA) is 75.7 Å². The van der Waals surface area contributed by atoms with E-state index in [0.29, 0.717) is 22.9 Å². The molecule has 1 aliphatic heterocycles. The Balaban J connectivity index is 1.88. The van der Waals surface area contributed by atoms with Crippen molar-refractivity contribution >= 4 is 33.2 Å². The van der Waals surface area contributed by atoms with Crippen molar-refractivity contribution in [3.63, 3.8) is 0 Å². The number of amides is 1. The standard InChI is InChI=1S/C20H23ClN2O4S/c1-14-6-3-4-11-23(14)20(24)15-7-5-8-17(12-15)28(25,26)22-18-13-16(21)9-10-19(18)27-2/h5,7-10,12-14,22H,3-4,6,11H2,1-2H3/t14-/m1/s1. The predicted molar refractivity (Wildman–Crippen MR) is 110 cm³/mol. The first kappa shape index (κ1) is 20.5. The summed E-state index contributed by atoms with van der Waals surface area (Å²) in [6.07, 6.45) is 3.02. The fourth-order valence-electron chi connectivity index (χ4n) is 3.33. The summed E-state index contributed by atoms with van der Waals surface area (Å²) in [5.41, 5.74) is 0.589. The van der Waals surface area contributed by atoms with Gasteiger partial charge in [-0.3, -0.25) is 9.52 Å². The van der Waals surface area contributed by atoms with E-state index in [2.05, 4.69) is 4.72 Å². The maximum Gasteiger partial charge on any atom is 0.262 e. The highest BCUT2D eigenvalue weighted by molar-refractivity contribution is 7.92. The maximum absolute atomic E-state index is 12.9. The number of piperidine rings is 1. The first-order valence-electron chi connectivity index (χ1n) is 9.09. The SMILES string of the molecule is COc1ccc(Cl)cc1NS(=O)(=O)c1cccc(C(=O)N2CCCC[C@H]2C)c1. The normalized spacial score (nSPS) is 17.2. The van der Waals surface area contributed by atoms with E-state index in [9.17, 15) is 13.2 Å². The Bertz CT molecular complexity index is 978. The van der Waals surface area contributed by atoms with E-state index in [1.165, 1.54) is 25.3 Å². The zero-order valence-corrected chi connectivity index (χ0v) is 17.4. The van der Waals surface area contributed by atoms with E-state index in [-0.39, 0.29) is 22.5 Å². The minimum atomic E-state index is -3.92. The van der Waals surface area contributed by atoms with Gasteiger partial charge >= 0.3 is 0 Å². The molecule has 28 heavy (non-hydrogen) atoms. The molecule has 0 unspecified atom stereocenters. The van der Waals surface area contributed by atoms with E-state index in [1.54, 1.807) is 24.3 Å². The van der Waals surface area contributed by atoms with E-state index < -0.39 is 10.0 Å². The van der Waals surface area contributed by atoms with Crippen LogP contribution in [0.15, 0.2) is 47.4 Å². The van der Waals surface area contributed by atoms with Crippen LogP contribution in [0.5, 0.6) is 5.75 Å². The summed E-state index contributed by atoms with van der Waals surface area (Å²) >= 11 is 5.97. The van der Waals surface area contributed by atoms with Crippen LogP contribution >= 0.6 is 11.6 Å². The molecule has 0 aromatic heterocycles. The molecule has 1 atom stereocenters. The lowest BCUT2D eigenvalue weighted by molar-refractivity contribution is 0.0635. The summed E-state index contributed by atoms with van der Waals surface area (Å²) in [4.78, 5) is 14.7. The lowest BCUT2D eigenvalue weighted by Crippen LogP contribution is -2.42. The number of rotatable bonds is 5. The first-order chi connectivity index (χ1) is 13.3. The van der Waals surface area contributed by atoms with Gasteiger partial charge in [-0.1, -0.05) is 17.7 Å². The van der Waals surface area contributed by atoms with Crippen molar-refractivity contribution in [3.05, 3.63) is 53.1 Å². The molecule has 6 nitrogen and oxygen atoms in total. The van der Waals surface area contributed by atoms with Gasteiger partial charge in [0.05, 0.1) is 17.7 Å². The number of benzene rings is 2. The van der Waals surface area contributed by atoms with Crippen molar-refractivity contribution in [2.45, 2.75) is 37.1 Å². The van der Waals surface area contributed by atoms with Crippen LogP contribution in [-0.2, 0) is 10.0 Å². The van der Waals surface area contributed by atoms with Crippen LogP contribution in [0.4, 0.5) is 5.69 Å². The molecule has 1 aliphatic rings. The molecule has 2 aromatic carbocycles. The number of sulfonamides is 1. The van der Waals surface area contributed by atoms with Gasteiger partial charge in [-0.05, 0) is 62.6 Å². The van der Waals surface area contributed by atoms with Crippen LogP contribution in [0, 0.1) is 0 Å². The Kier molecular flexibility index (Phi) is 6.15. The number of carbonyl (C=O) groups is 1. The summed E-state index contributed by atoms with van der Waals surface area (Å²) in [7, 11) is -2.48. The van der Waals surface area contributed by atoms with Crippen LogP contribution in [0.1, 0.15) is 36.5 Å². The van der Waals surface area contributed by atoms with Gasteiger partial charge in [-0.15, -0.1) is 0 Å². The molecule has 1 N–H and O–H groups in total. The number of halogens is 1. The van der Waals surface area contributed by atoms with Gasteiger partial charge in [-0.2, -0.15) is 0 Å². The Hall–Kier alpha value is -2.25. The van der Waals surface area contributed by atoms with E-state index in [4.69, 9.17) is 16.3 Å². The van der Waals surface area contributed by atoms with Crippen LogP contribution in [0.3, 0.4) is 0 Å². The van der Waals surface area contributed by atoms with Crippen molar-refractivity contribution in [3.8, 4) is 5.75 Å². The lowest BCUT2D eigenvalue weighted by atomic mass is 10.0. The number of methoxy groups -OCH3 is 1. The molecular formula is C20H23ClN2O4S. The summed E-state index contributed by atoms with van der Waals surface area (Å²) < 4.78 is 33.4. The fraction of sp³-hybridized carbons (Fsp3) is 0.350. The summed E-state index contributed by atoms with van der Waals surface area (Å²) in [5, 5.41) is 0.376. The molecule has 0 spiro atoms. The summed E-state index contributed by atoms with van der Waals surface area (Å²) in [6, 6.07) is 10.9. The molecule has 1 amide bonds. The molecule has 1 heterocycles. The average molecular weight is 423 g/mol. The van der Waals surface area contributed by atoms with Gasteiger partial charge in [-0.25, -0.2) is 8.42 Å². The van der Waals surface area contributed by atoms with E-state index in [0.717, 1.165) is 19.3 Å². The van der Waals surface area contributed by atoms with Gasteiger partial charge in [0.25, 0.3) is 15.9 Å². The number of hydrogen-bond donors (Lipinski definition) is 1. The predicted octanol–water partition coefficient (Wildman–Crippen LogP) is 4.16. The Labute approximate surface area is 170 Å². The molecule has 0 bridgehead atoms. The highest BCUT2D eigenvalue weighted by Crippen LogP contribution is 2.30. The monoisotopic (exact) mass is 422 g/mol. The highest BCUT2D eigenvalue weighted by Gasteiger charge is 2.25. The molecule has 1 saturated heterocycles. The molecule has 8 heteroatoms. The third-order valence-corrected chi connectivity index (χ3v) is 6.46. The Morgan fingerprint density at radius 2 is 2.00 bits per heavy atom. The van der Waals surface area contributed by atoms with Crippen molar-refractivity contribution in [1.29, 1.82) is 0 Å². The molecule has 2 aromatic rings. The number of nitrogens with one attached hydrogen (secondary N) is 1. The number of anilines is 1. The van der Waals surface area contributed by atoms with Crippen molar-refractivity contribution < 1.29 is 17.9 Å². The third-order valence-electron chi connectivity index (χ3n) is 4.86. The lowest BCUT2D eigenvalue weighted by Gasteiger charge is -2.33. The molecule has 0 aliphatic carbocycles. The molecule has 0 saturated carbocycles. The minimum absolute atomic E-state index is 0.00467. The van der Waals surface area contributed by atoms with Crippen LogP contribution in [0.25, 0.3) is 0 Å². The smallest absolute Gasteiger partial charge is 0.262 e. The number of carbonyl (C=O) groups excluding carboxylic acids is 1. The average Bonchev–Trinajstić information content (AvgIpc) is 2.68. The van der Waals surface area contributed by atoms with Gasteiger partial charge in [0.15, 0.2) is 0 Å². The number of ether oxygens (including phenoxy) is 1. The second kappa shape index (κ2) is 8.41. The van der Waals surface area contributed by atoms with E-state index >= 15 is 0 Å². The van der Waals surface area contributed by atoms with Crippen molar-refractivity contribution in [2.24, 2.45) is 0 Å². The van der Waals surface area contributed by atoms with Gasteiger partial charge in [0.2, 0.25) is 0 Å². The molecule has 150 valence electrons. The van der Waals surface area contributed by atoms with Crippen molar-refractivity contribution in [2.75, 3.05) is 18.4 Å². The maximum atomic E-state index is 12.9. The van der Waals surface area contributed by atoms with Crippen LogP contribution in [0.2, 0.25) is 5.02 Å². The molecule has 3 rings (SSSR count). The highest BCUT2D eigenvalue weighted by atomic mass is 35.5. The van der Waals surface area contributed by atoms with Crippen LogP contribution in [-0.4, -0.2) is 38.9 Å². The molecule has 0 radical (unpaired) electrons. The molecule has 1 fully saturated rings. The third kappa shape index (κ3) is 4.42. The quantitative estimate of drug-likeness (QED) is 0.784. The largest absolute Gasteiger partial charge is 0.495 e. The summed E-state index contributed by atoms with van der Waals surface area (Å²) in [5.74, 6) is 0.201. The van der Waals surface area contributed by atoms with Crippen LogP contribution < -0.4 is 9.46 Å². The minimum Gasteiger partial charge on any atom is -0.495 e. The fourth-order valence-corrected chi connectivity index (χ4v) is 4.60. The second-order valence-corrected chi connectivity index (χ2v) is 8.94. The van der Waals surface area contributed by atoms with E-state index in [1.807, 2.05) is 11.8 Å².